The Balaban J connectivity index is 1.13. The van der Waals surface area contributed by atoms with E-state index in [0.717, 1.165) is 31.6 Å². The lowest BCUT2D eigenvalue weighted by molar-refractivity contribution is -0.117. The number of piperidine rings is 1. The summed E-state index contributed by atoms with van der Waals surface area (Å²) in [5.41, 5.74) is 1.84. The van der Waals surface area contributed by atoms with Crippen LogP contribution in [0.15, 0.2) is 42.6 Å². The van der Waals surface area contributed by atoms with E-state index in [4.69, 9.17) is 25.8 Å². The average molecular weight is 599 g/mol. The Hall–Kier alpha value is -3.87. The first-order valence-electron chi connectivity index (χ1n) is 13.7. The van der Waals surface area contributed by atoms with Crippen molar-refractivity contribution in [3.05, 3.63) is 70.4 Å². The Morgan fingerprint density at radius 3 is 2.67 bits per heavy atom. The van der Waals surface area contributed by atoms with Gasteiger partial charge in [0.05, 0.1) is 31.1 Å². The van der Waals surface area contributed by atoms with E-state index >= 15 is 0 Å². The Morgan fingerprint density at radius 1 is 1.14 bits per heavy atom. The summed E-state index contributed by atoms with van der Waals surface area (Å²) in [4.78, 5) is 40.0. The number of ether oxygens (including phenoxy) is 3. The topological polar surface area (TPSA) is 128 Å². The summed E-state index contributed by atoms with van der Waals surface area (Å²) in [7, 11) is 1.29. The molecule has 11 nitrogen and oxygen atoms in total. The molecule has 0 saturated carbocycles. The van der Waals surface area contributed by atoms with Crippen LogP contribution in [0.4, 0.5) is 15.9 Å². The highest BCUT2D eigenvalue weighted by molar-refractivity contribution is 6.30. The minimum atomic E-state index is -0.559. The molecule has 4 heterocycles. The second-order valence-corrected chi connectivity index (χ2v) is 10.6. The second kappa shape index (κ2) is 13.9. The van der Waals surface area contributed by atoms with E-state index in [2.05, 4.69) is 30.5 Å². The number of aromatic nitrogens is 3. The smallest absolute Gasteiger partial charge is 0.356 e. The molecule has 222 valence electrons. The molecular formula is C29H32ClFN6O5. The fraction of sp³-hybridized carbons (Fsp3) is 0.414. The quantitative estimate of drug-likeness (QED) is 0.312. The van der Waals surface area contributed by atoms with E-state index in [-0.39, 0.29) is 42.8 Å². The van der Waals surface area contributed by atoms with E-state index < -0.39 is 11.8 Å². The van der Waals surface area contributed by atoms with E-state index in [1.54, 1.807) is 24.4 Å². The summed E-state index contributed by atoms with van der Waals surface area (Å²) in [6, 6.07) is 9.62. The first-order chi connectivity index (χ1) is 20.4. The van der Waals surface area contributed by atoms with Crippen LogP contribution in [-0.2, 0) is 20.9 Å². The molecule has 2 fully saturated rings. The van der Waals surface area contributed by atoms with Gasteiger partial charge in [0.15, 0.2) is 11.5 Å². The third kappa shape index (κ3) is 7.69. The number of benzene rings is 1. The molecule has 2 aliphatic rings. The molecule has 0 aliphatic carbocycles. The highest BCUT2D eigenvalue weighted by Gasteiger charge is 2.25. The Morgan fingerprint density at radius 2 is 1.95 bits per heavy atom. The molecule has 1 atom stereocenters. The molecule has 13 heteroatoms. The lowest BCUT2D eigenvalue weighted by atomic mass is 9.93. The number of esters is 1. The molecule has 2 saturated heterocycles. The Kier molecular flexibility index (Phi) is 9.78. The van der Waals surface area contributed by atoms with Crippen LogP contribution in [0, 0.1) is 5.82 Å². The van der Waals surface area contributed by atoms with Gasteiger partial charge in [-0.2, -0.15) is 4.98 Å². The van der Waals surface area contributed by atoms with Gasteiger partial charge in [-0.15, -0.1) is 0 Å². The zero-order valence-electron chi connectivity index (χ0n) is 23.1. The van der Waals surface area contributed by atoms with Gasteiger partial charge in [0.25, 0.3) is 0 Å². The lowest BCUT2D eigenvalue weighted by Gasteiger charge is -2.31. The van der Waals surface area contributed by atoms with Crippen LogP contribution in [0.3, 0.4) is 0 Å². The van der Waals surface area contributed by atoms with Crippen molar-refractivity contribution >= 4 is 35.0 Å². The number of anilines is 2. The van der Waals surface area contributed by atoms with Crippen LogP contribution >= 0.6 is 11.6 Å². The first kappa shape index (κ1) is 29.6. The summed E-state index contributed by atoms with van der Waals surface area (Å²) in [6.45, 7) is 2.85. The van der Waals surface area contributed by atoms with Crippen molar-refractivity contribution in [2.75, 3.05) is 50.5 Å². The molecular weight excluding hydrogens is 567 g/mol. The number of hydrogen-bond acceptors (Lipinski definition) is 10. The van der Waals surface area contributed by atoms with Crippen LogP contribution in [0.2, 0.25) is 5.02 Å². The van der Waals surface area contributed by atoms with Crippen LogP contribution in [0.25, 0.3) is 0 Å². The number of amides is 1. The third-order valence-electron chi connectivity index (χ3n) is 7.25. The molecule has 42 heavy (non-hydrogen) atoms. The molecule has 3 aromatic rings. The van der Waals surface area contributed by atoms with Crippen LogP contribution in [0.5, 0.6) is 6.01 Å². The summed E-state index contributed by atoms with van der Waals surface area (Å²) in [6.07, 6.45) is 4.26. The van der Waals surface area contributed by atoms with Crippen molar-refractivity contribution in [2.45, 2.75) is 37.9 Å². The summed E-state index contributed by atoms with van der Waals surface area (Å²) >= 11 is 5.81. The third-order valence-corrected chi connectivity index (χ3v) is 7.49. The van der Waals surface area contributed by atoms with Crippen LogP contribution in [-0.4, -0.2) is 77.7 Å². The van der Waals surface area contributed by atoms with Gasteiger partial charge in [-0.05, 0) is 62.7 Å². The number of hydrogen-bond donors (Lipinski definition) is 2. The minimum Gasteiger partial charge on any atom is -0.464 e. The van der Waals surface area contributed by atoms with E-state index in [1.165, 1.54) is 19.2 Å². The molecule has 0 radical (unpaired) electrons. The molecule has 2 N–H and O–H groups in total. The molecule has 0 unspecified atom stereocenters. The van der Waals surface area contributed by atoms with Gasteiger partial charge in [0.2, 0.25) is 5.91 Å². The lowest BCUT2D eigenvalue weighted by Crippen LogP contribution is -2.39. The number of halogens is 2. The second-order valence-electron chi connectivity index (χ2n) is 10.1. The predicted molar refractivity (Wildman–Crippen MR) is 153 cm³/mol. The van der Waals surface area contributed by atoms with E-state index in [0.29, 0.717) is 41.7 Å². The monoisotopic (exact) mass is 598 g/mol. The van der Waals surface area contributed by atoms with Gasteiger partial charge in [-0.1, -0.05) is 17.7 Å². The zero-order chi connectivity index (χ0) is 29.5. The number of methoxy groups -OCH3 is 1. The molecule has 0 spiro atoms. The van der Waals surface area contributed by atoms with Crippen molar-refractivity contribution in [3.63, 3.8) is 0 Å². The number of pyridine rings is 1. The molecule has 2 aromatic heterocycles. The van der Waals surface area contributed by atoms with Gasteiger partial charge in [-0.25, -0.2) is 19.2 Å². The molecule has 2 aliphatic heterocycles. The van der Waals surface area contributed by atoms with Gasteiger partial charge in [0.1, 0.15) is 12.4 Å². The van der Waals surface area contributed by atoms with Crippen molar-refractivity contribution in [3.8, 4) is 6.01 Å². The number of nitrogens with zero attached hydrogens (tertiary/aromatic N) is 4. The standard InChI is InChI=1S/C29H32ClFN6O5/c1-40-28(39)25-5-4-24(27(35-25)33-15-21-9-13-41-21)34-26(38)16-37-11-7-18(8-12-37)23-6-10-32-29(36-23)42-17-19-2-3-20(30)14-22(19)31/h2-6,10,14,18,21H,7-9,11-13,15-17H2,1H3,(H,33,35)(H,34,38)/t21-/m0/s1. The normalized spacial score (nSPS) is 17.3. The summed E-state index contributed by atoms with van der Waals surface area (Å²) < 4.78 is 29.9. The molecule has 1 amide bonds. The maximum absolute atomic E-state index is 14.1. The maximum Gasteiger partial charge on any atom is 0.356 e. The van der Waals surface area contributed by atoms with Gasteiger partial charge < -0.3 is 24.8 Å². The summed E-state index contributed by atoms with van der Waals surface area (Å²) in [5.74, 6) is -0.615. The van der Waals surface area contributed by atoms with E-state index in [1.807, 2.05) is 6.07 Å². The SMILES string of the molecule is COC(=O)c1ccc(NC(=O)CN2CCC(c3ccnc(OCc4ccc(Cl)cc4F)n3)CC2)c(NC[C@@H]2CCO2)n1. The Labute approximate surface area is 247 Å². The molecule has 5 rings (SSSR count). The fourth-order valence-electron chi connectivity index (χ4n) is 4.78. The van der Waals surface area contributed by atoms with Crippen molar-refractivity contribution < 1.29 is 28.2 Å². The van der Waals surface area contributed by atoms with Crippen molar-refractivity contribution in [1.29, 1.82) is 0 Å². The van der Waals surface area contributed by atoms with Crippen LogP contribution in [0.1, 0.15) is 46.9 Å². The predicted octanol–water partition coefficient (Wildman–Crippen LogP) is 4.05. The van der Waals surface area contributed by atoms with E-state index in [9.17, 15) is 14.0 Å². The number of nitrogens with one attached hydrogen (secondary N) is 2. The minimum absolute atomic E-state index is 0.00740. The highest BCUT2D eigenvalue weighted by Crippen LogP contribution is 2.28. The van der Waals surface area contributed by atoms with Crippen molar-refractivity contribution in [2.24, 2.45) is 0 Å². The first-order valence-corrected chi connectivity index (χ1v) is 14.1. The van der Waals surface area contributed by atoms with Gasteiger partial charge >= 0.3 is 12.0 Å². The van der Waals surface area contributed by atoms with Crippen molar-refractivity contribution in [1.82, 2.24) is 19.9 Å². The van der Waals surface area contributed by atoms with Crippen LogP contribution < -0.4 is 15.4 Å². The number of carbonyl (C=O) groups is 2. The number of rotatable bonds is 11. The summed E-state index contributed by atoms with van der Waals surface area (Å²) in [5, 5.41) is 6.41. The number of likely N-dealkylation sites (tertiary alicyclic amines) is 1. The average Bonchev–Trinajstić information content (AvgIpc) is 2.96. The van der Waals surface area contributed by atoms with Gasteiger partial charge in [0, 0.05) is 35.9 Å². The maximum atomic E-state index is 14.1. The van der Waals surface area contributed by atoms with Gasteiger partial charge in [-0.3, -0.25) is 9.69 Å². The fourth-order valence-corrected chi connectivity index (χ4v) is 4.94. The molecule has 1 aromatic carbocycles. The number of carbonyl (C=O) groups excluding carboxylic acids is 2. The largest absolute Gasteiger partial charge is 0.464 e. The zero-order valence-corrected chi connectivity index (χ0v) is 23.9. The highest BCUT2D eigenvalue weighted by atomic mass is 35.5. The molecule has 0 bridgehead atoms. The Bertz CT molecular complexity index is 1420.